The van der Waals surface area contributed by atoms with Crippen LogP contribution in [0.3, 0.4) is 0 Å². The molecule has 0 spiro atoms. The Morgan fingerprint density at radius 3 is 2.71 bits per heavy atom. The molecule has 1 rings (SSSR count). The largest absolute Gasteiger partial charge is 0.347 e. The highest BCUT2D eigenvalue weighted by molar-refractivity contribution is 6.29. The third kappa shape index (κ3) is 3.57. The number of nitro benzene ring substituents is 1. The Labute approximate surface area is 103 Å². The monoisotopic (exact) mass is 254 g/mol. The fraction of sp³-hybridized carbons (Fsp3) is 0.182. The third-order valence-electron chi connectivity index (χ3n) is 2.11. The molecule has 90 valence electrons. The number of rotatable bonds is 4. The summed E-state index contributed by atoms with van der Waals surface area (Å²) in [6.07, 6.45) is 0. The van der Waals surface area contributed by atoms with Crippen LogP contribution >= 0.6 is 11.6 Å². The van der Waals surface area contributed by atoms with Gasteiger partial charge in [0.2, 0.25) is 0 Å². The summed E-state index contributed by atoms with van der Waals surface area (Å²) in [5, 5.41) is 13.4. The van der Waals surface area contributed by atoms with Crippen molar-refractivity contribution in [2.45, 2.75) is 6.92 Å². The first-order valence-electron chi connectivity index (χ1n) is 4.78. The van der Waals surface area contributed by atoms with Crippen LogP contribution in [0.5, 0.6) is 0 Å². The Hall–Kier alpha value is -1.88. The second-order valence-corrected chi connectivity index (χ2v) is 3.99. The molecule has 6 heteroatoms. The van der Waals surface area contributed by atoms with Gasteiger partial charge in [-0.1, -0.05) is 18.2 Å². The Morgan fingerprint density at radius 2 is 2.24 bits per heavy atom. The maximum absolute atomic E-state index is 11.7. The molecule has 1 aromatic carbocycles. The first kappa shape index (κ1) is 13.2. The van der Waals surface area contributed by atoms with Gasteiger partial charge in [0.25, 0.3) is 11.6 Å². The standard InChI is InChI=1S/C11H11ClN2O3/c1-7-5-9(14(16)17)3-4-10(7)11(15)13-6-8(2)12/h3-5H,2,6H2,1H3,(H,13,15). The van der Waals surface area contributed by atoms with Gasteiger partial charge in [-0.05, 0) is 18.6 Å². The summed E-state index contributed by atoms with van der Waals surface area (Å²) < 4.78 is 0. The lowest BCUT2D eigenvalue weighted by molar-refractivity contribution is -0.384. The number of nitro groups is 1. The molecule has 0 unspecified atom stereocenters. The number of amides is 1. The molecule has 1 amide bonds. The predicted octanol–water partition coefficient (Wildman–Crippen LogP) is 2.39. The molecule has 0 aromatic heterocycles. The van der Waals surface area contributed by atoms with E-state index >= 15 is 0 Å². The average Bonchev–Trinajstić information content (AvgIpc) is 2.25. The first-order chi connectivity index (χ1) is 7.91. The number of halogens is 1. The van der Waals surface area contributed by atoms with Gasteiger partial charge in [0.15, 0.2) is 0 Å². The second kappa shape index (κ2) is 5.45. The minimum absolute atomic E-state index is 0.0409. The minimum atomic E-state index is -0.505. The summed E-state index contributed by atoms with van der Waals surface area (Å²) in [6, 6.07) is 4.06. The zero-order valence-corrected chi connectivity index (χ0v) is 9.95. The summed E-state index contributed by atoms with van der Waals surface area (Å²) in [4.78, 5) is 21.7. The van der Waals surface area contributed by atoms with Crippen molar-refractivity contribution < 1.29 is 9.72 Å². The van der Waals surface area contributed by atoms with Crippen molar-refractivity contribution in [2.24, 2.45) is 0 Å². The van der Waals surface area contributed by atoms with Gasteiger partial charge in [0, 0.05) is 22.7 Å². The van der Waals surface area contributed by atoms with Crippen molar-refractivity contribution in [3.05, 3.63) is 51.1 Å². The van der Waals surface area contributed by atoms with E-state index < -0.39 is 4.92 Å². The van der Waals surface area contributed by atoms with Crippen molar-refractivity contribution in [2.75, 3.05) is 6.54 Å². The number of aryl methyl sites for hydroxylation is 1. The number of benzene rings is 1. The van der Waals surface area contributed by atoms with E-state index in [1.54, 1.807) is 6.92 Å². The summed E-state index contributed by atoms with van der Waals surface area (Å²) in [7, 11) is 0. The number of non-ortho nitro benzene ring substituents is 1. The van der Waals surface area contributed by atoms with Crippen LogP contribution in [0, 0.1) is 17.0 Å². The van der Waals surface area contributed by atoms with Crippen LogP contribution < -0.4 is 5.32 Å². The molecule has 0 aliphatic rings. The molecule has 0 fully saturated rings. The first-order valence-corrected chi connectivity index (χ1v) is 5.16. The van der Waals surface area contributed by atoms with Crippen LogP contribution in [0.2, 0.25) is 0 Å². The number of nitrogens with zero attached hydrogens (tertiary/aromatic N) is 1. The van der Waals surface area contributed by atoms with Gasteiger partial charge < -0.3 is 5.32 Å². The van der Waals surface area contributed by atoms with Gasteiger partial charge >= 0.3 is 0 Å². The molecule has 17 heavy (non-hydrogen) atoms. The van der Waals surface area contributed by atoms with Crippen molar-refractivity contribution in [3.8, 4) is 0 Å². The van der Waals surface area contributed by atoms with E-state index in [0.29, 0.717) is 16.2 Å². The highest BCUT2D eigenvalue weighted by atomic mass is 35.5. The molecular weight excluding hydrogens is 244 g/mol. The summed E-state index contributed by atoms with van der Waals surface area (Å²) in [5.41, 5.74) is 0.881. The number of hydrogen-bond acceptors (Lipinski definition) is 3. The molecule has 0 aliphatic carbocycles. The van der Waals surface area contributed by atoms with Gasteiger partial charge in [-0.15, -0.1) is 0 Å². The molecule has 1 aromatic rings. The SMILES string of the molecule is C=C(Cl)CNC(=O)c1ccc([N+](=O)[O-])cc1C. The topological polar surface area (TPSA) is 72.2 Å². The highest BCUT2D eigenvalue weighted by Crippen LogP contribution is 2.17. The quantitative estimate of drug-likeness (QED) is 0.662. The van der Waals surface area contributed by atoms with Gasteiger partial charge in [0.05, 0.1) is 11.5 Å². The highest BCUT2D eigenvalue weighted by Gasteiger charge is 2.13. The zero-order valence-electron chi connectivity index (χ0n) is 9.20. The molecule has 0 bridgehead atoms. The van der Waals surface area contributed by atoms with Gasteiger partial charge in [-0.2, -0.15) is 0 Å². The normalized spacial score (nSPS) is 9.76. The fourth-order valence-electron chi connectivity index (χ4n) is 1.29. The summed E-state index contributed by atoms with van der Waals surface area (Å²) in [5.74, 6) is -0.334. The lowest BCUT2D eigenvalue weighted by Crippen LogP contribution is -2.25. The molecule has 0 saturated heterocycles. The molecule has 1 N–H and O–H groups in total. The maximum atomic E-state index is 11.7. The van der Waals surface area contributed by atoms with Gasteiger partial charge in [-0.3, -0.25) is 14.9 Å². The van der Waals surface area contributed by atoms with Crippen molar-refractivity contribution in [3.63, 3.8) is 0 Å². The van der Waals surface area contributed by atoms with E-state index in [4.69, 9.17) is 11.6 Å². The van der Waals surface area contributed by atoms with Gasteiger partial charge in [-0.25, -0.2) is 0 Å². The molecule has 0 aliphatic heterocycles. The van der Waals surface area contributed by atoms with E-state index in [1.165, 1.54) is 18.2 Å². The Balaban J connectivity index is 2.88. The summed E-state index contributed by atoms with van der Waals surface area (Å²) in [6.45, 7) is 5.24. The Morgan fingerprint density at radius 1 is 1.59 bits per heavy atom. The van der Waals surface area contributed by atoms with E-state index in [9.17, 15) is 14.9 Å². The van der Waals surface area contributed by atoms with E-state index in [2.05, 4.69) is 11.9 Å². The zero-order chi connectivity index (χ0) is 13.0. The lowest BCUT2D eigenvalue weighted by Gasteiger charge is -2.06. The van der Waals surface area contributed by atoms with Crippen molar-refractivity contribution in [1.29, 1.82) is 0 Å². The fourth-order valence-corrected chi connectivity index (χ4v) is 1.35. The summed E-state index contributed by atoms with van der Waals surface area (Å²) >= 11 is 5.52. The van der Waals surface area contributed by atoms with Crippen LogP contribution in [0.4, 0.5) is 5.69 Å². The van der Waals surface area contributed by atoms with Crippen LogP contribution in [-0.4, -0.2) is 17.4 Å². The second-order valence-electron chi connectivity index (χ2n) is 3.46. The lowest BCUT2D eigenvalue weighted by atomic mass is 10.1. The van der Waals surface area contributed by atoms with Crippen molar-refractivity contribution in [1.82, 2.24) is 5.32 Å². The van der Waals surface area contributed by atoms with Gasteiger partial charge in [0.1, 0.15) is 0 Å². The number of carbonyl (C=O) groups is 1. The third-order valence-corrected chi connectivity index (χ3v) is 2.24. The smallest absolute Gasteiger partial charge is 0.269 e. The average molecular weight is 255 g/mol. The van der Waals surface area contributed by atoms with Crippen LogP contribution in [0.15, 0.2) is 29.8 Å². The number of carbonyl (C=O) groups excluding carboxylic acids is 1. The van der Waals surface area contributed by atoms with E-state index in [0.717, 1.165) is 0 Å². The maximum Gasteiger partial charge on any atom is 0.269 e. The van der Waals surface area contributed by atoms with E-state index in [-0.39, 0.29) is 18.1 Å². The Bertz CT molecular complexity index is 486. The van der Waals surface area contributed by atoms with E-state index in [1.807, 2.05) is 0 Å². The molecule has 0 radical (unpaired) electrons. The molecule has 0 heterocycles. The predicted molar refractivity (Wildman–Crippen MR) is 65.2 cm³/mol. The number of hydrogen-bond donors (Lipinski definition) is 1. The molecule has 0 atom stereocenters. The molecular formula is C11H11ClN2O3. The number of nitrogens with one attached hydrogen (secondary N) is 1. The minimum Gasteiger partial charge on any atom is -0.347 e. The van der Waals surface area contributed by atoms with Crippen LogP contribution in [-0.2, 0) is 0 Å². The van der Waals surface area contributed by atoms with Crippen LogP contribution in [0.25, 0.3) is 0 Å². The molecule has 0 saturated carbocycles. The van der Waals surface area contributed by atoms with Crippen molar-refractivity contribution >= 4 is 23.2 Å². The van der Waals surface area contributed by atoms with Crippen LogP contribution in [0.1, 0.15) is 15.9 Å². The Kier molecular flexibility index (Phi) is 4.23. The molecule has 5 nitrogen and oxygen atoms in total.